The number of hydrogen-bond donors (Lipinski definition) is 2. The van der Waals surface area contributed by atoms with Gasteiger partial charge in [-0.15, -0.1) is 0 Å². The molecule has 2 N–H and O–H groups in total. The molecule has 1 aromatic rings. The lowest BCUT2D eigenvalue weighted by Gasteiger charge is -2.09. The van der Waals surface area contributed by atoms with Gasteiger partial charge in [0.05, 0.1) is 6.10 Å². The van der Waals surface area contributed by atoms with Crippen LogP contribution in [0.2, 0.25) is 0 Å². The van der Waals surface area contributed by atoms with Gasteiger partial charge in [0.2, 0.25) is 0 Å². The molecule has 0 amide bonds. The summed E-state index contributed by atoms with van der Waals surface area (Å²) >= 11 is 0. The van der Waals surface area contributed by atoms with Gasteiger partial charge in [0.25, 0.3) is 0 Å². The van der Waals surface area contributed by atoms with Crippen molar-refractivity contribution in [1.82, 2.24) is 0 Å². The fourth-order valence-electron chi connectivity index (χ4n) is 1.25. The van der Waals surface area contributed by atoms with Crippen molar-refractivity contribution in [3.05, 3.63) is 29.3 Å². The van der Waals surface area contributed by atoms with Gasteiger partial charge in [0.1, 0.15) is 5.75 Å². The van der Waals surface area contributed by atoms with Crippen LogP contribution >= 0.6 is 0 Å². The van der Waals surface area contributed by atoms with Crippen molar-refractivity contribution in [2.75, 3.05) is 0 Å². The molecule has 0 unspecified atom stereocenters. The van der Waals surface area contributed by atoms with Crippen molar-refractivity contribution in [2.45, 2.75) is 26.4 Å². The quantitative estimate of drug-likeness (QED) is 0.701. The average molecular weight is 166 g/mol. The molecule has 1 rings (SSSR count). The standard InChI is InChI=1S/C10H14O2/c1-7-4-3-5-10(12)9(7)6-8(2)11/h3-5,8,11-12H,6H2,1-2H3/t8-/m1/s1. The zero-order valence-electron chi connectivity index (χ0n) is 7.41. The zero-order chi connectivity index (χ0) is 9.14. The topological polar surface area (TPSA) is 40.5 Å². The van der Waals surface area contributed by atoms with E-state index in [0.29, 0.717) is 6.42 Å². The molecule has 2 nitrogen and oxygen atoms in total. The maximum atomic E-state index is 9.43. The van der Waals surface area contributed by atoms with Crippen LogP contribution < -0.4 is 0 Å². The fraction of sp³-hybridized carbons (Fsp3) is 0.400. The van der Waals surface area contributed by atoms with Gasteiger partial charge in [-0.25, -0.2) is 0 Å². The number of phenols is 1. The third-order valence-corrected chi connectivity index (χ3v) is 1.89. The third-order valence-electron chi connectivity index (χ3n) is 1.89. The molecule has 0 aliphatic rings. The molecule has 0 radical (unpaired) electrons. The summed E-state index contributed by atoms with van der Waals surface area (Å²) in [7, 11) is 0. The average Bonchev–Trinajstić information content (AvgIpc) is 1.97. The fourth-order valence-corrected chi connectivity index (χ4v) is 1.25. The molecule has 0 spiro atoms. The number of benzene rings is 1. The first kappa shape index (κ1) is 9.07. The predicted octanol–water partition coefficient (Wildman–Crippen LogP) is 1.62. The van der Waals surface area contributed by atoms with E-state index >= 15 is 0 Å². The summed E-state index contributed by atoms with van der Waals surface area (Å²) in [5, 5.41) is 18.6. The number of hydrogen-bond acceptors (Lipinski definition) is 2. The normalized spacial score (nSPS) is 12.9. The minimum absolute atomic E-state index is 0.274. The van der Waals surface area contributed by atoms with Crippen LogP contribution in [0, 0.1) is 6.92 Å². The molecule has 12 heavy (non-hydrogen) atoms. The van der Waals surface area contributed by atoms with Crippen LogP contribution in [-0.4, -0.2) is 16.3 Å². The first-order chi connectivity index (χ1) is 5.61. The van der Waals surface area contributed by atoms with E-state index in [9.17, 15) is 5.11 Å². The molecule has 0 aromatic heterocycles. The van der Waals surface area contributed by atoms with E-state index in [0.717, 1.165) is 11.1 Å². The Hall–Kier alpha value is -1.02. The molecule has 0 saturated heterocycles. The van der Waals surface area contributed by atoms with Gasteiger partial charge in [-0.3, -0.25) is 0 Å². The van der Waals surface area contributed by atoms with Gasteiger partial charge in [0.15, 0.2) is 0 Å². The minimum atomic E-state index is -0.406. The Labute approximate surface area is 72.5 Å². The third kappa shape index (κ3) is 1.98. The number of rotatable bonds is 2. The molecule has 2 heteroatoms. The second-order valence-electron chi connectivity index (χ2n) is 3.13. The molecule has 1 atom stereocenters. The van der Waals surface area contributed by atoms with E-state index in [4.69, 9.17) is 5.11 Å². The number of aliphatic hydroxyl groups is 1. The van der Waals surface area contributed by atoms with Crippen LogP contribution in [-0.2, 0) is 6.42 Å². The Kier molecular flexibility index (Phi) is 2.71. The number of aryl methyl sites for hydroxylation is 1. The summed E-state index contributed by atoms with van der Waals surface area (Å²) in [4.78, 5) is 0. The van der Waals surface area contributed by atoms with Crippen molar-refractivity contribution in [1.29, 1.82) is 0 Å². The summed E-state index contributed by atoms with van der Waals surface area (Å²) in [6, 6.07) is 5.37. The number of aromatic hydroxyl groups is 1. The smallest absolute Gasteiger partial charge is 0.119 e. The molecule has 0 heterocycles. The van der Waals surface area contributed by atoms with Crippen molar-refractivity contribution < 1.29 is 10.2 Å². The van der Waals surface area contributed by atoms with E-state index in [1.807, 2.05) is 13.0 Å². The van der Waals surface area contributed by atoms with Gasteiger partial charge in [0, 0.05) is 6.42 Å². The Morgan fingerprint density at radius 2 is 2.08 bits per heavy atom. The molecule has 0 saturated carbocycles. The lowest BCUT2D eigenvalue weighted by Crippen LogP contribution is -2.05. The van der Waals surface area contributed by atoms with Crippen LogP contribution in [0.4, 0.5) is 0 Å². The second kappa shape index (κ2) is 3.59. The SMILES string of the molecule is Cc1cccc(O)c1C[C@@H](C)O. The van der Waals surface area contributed by atoms with Crippen LogP contribution in [0.3, 0.4) is 0 Å². The van der Waals surface area contributed by atoms with E-state index in [2.05, 4.69) is 0 Å². The molecule has 0 aliphatic heterocycles. The summed E-state index contributed by atoms with van der Waals surface area (Å²) in [5.74, 6) is 0.274. The van der Waals surface area contributed by atoms with Gasteiger partial charge in [-0.05, 0) is 31.0 Å². The van der Waals surface area contributed by atoms with E-state index in [1.165, 1.54) is 0 Å². The summed E-state index contributed by atoms with van der Waals surface area (Å²) in [6.45, 7) is 3.64. The second-order valence-corrected chi connectivity index (χ2v) is 3.13. The molecule has 1 aromatic carbocycles. The summed E-state index contributed by atoms with van der Waals surface area (Å²) in [6.07, 6.45) is 0.107. The monoisotopic (exact) mass is 166 g/mol. The highest BCUT2D eigenvalue weighted by atomic mass is 16.3. The lowest BCUT2D eigenvalue weighted by atomic mass is 10.0. The first-order valence-electron chi connectivity index (χ1n) is 4.06. The Morgan fingerprint density at radius 3 is 2.58 bits per heavy atom. The first-order valence-corrected chi connectivity index (χ1v) is 4.06. The Bertz CT molecular complexity index is 246. The van der Waals surface area contributed by atoms with E-state index < -0.39 is 6.10 Å². The zero-order valence-corrected chi connectivity index (χ0v) is 7.41. The number of aliphatic hydroxyl groups excluding tert-OH is 1. The highest BCUT2D eigenvalue weighted by Gasteiger charge is 2.06. The van der Waals surface area contributed by atoms with Gasteiger partial charge in [-0.1, -0.05) is 12.1 Å². The molecular formula is C10H14O2. The van der Waals surface area contributed by atoms with Gasteiger partial charge >= 0.3 is 0 Å². The van der Waals surface area contributed by atoms with Gasteiger partial charge < -0.3 is 10.2 Å². The van der Waals surface area contributed by atoms with E-state index in [1.54, 1.807) is 19.1 Å². The highest BCUT2D eigenvalue weighted by Crippen LogP contribution is 2.21. The van der Waals surface area contributed by atoms with Crippen LogP contribution in [0.25, 0.3) is 0 Å². The van der Waals surface area contributed by atoms with Gasteiger partial charge in [-0.2, -0.15) is 0 Å². The highest BCUT2D eigenvalue weighted by molar-refractivity contribution is 5.38. The largest absolute Gasteiger partial charge is 0.508 e. The number of phenolic OH excluding ortho intramolecular Hbond substituents is 1. The van der Waals surface area contributed by atoms with E-state index in [-0.39, 0.29) is 5.75 Å². The van der Waals surface area contributed by atoms with Crippen molar-refractivity contribution >= 4 is 0 Å². The Morgan fingerprint density at radius 1 is 1.42 bits per heavy atom. The van der Waals surface area contributed by atoms with Crippen LogP contribution in [0.15, 0.2) is 18.2 Å². The van der Waals surface area contributed by atoms with Crippen molar-refractivity contribution in [3.8, 4) is 5.75 Å². The molecule has 0 aliphatic carbocycles. The maximum Gasteiger partial charge on any atom is 0.119 e. The van der Waals surface area contributed by atoms with Crippen LogP contribution in [0.5, 0.6) is 5.75 Å². The summed E-state index contributed by atoms with van der Waals surface area (Å²) < 4.78 is 0. The van der Waals surface area contributed by atoms with Crippen LogP contribution in [0.1, 0.15) is 18.1 Å². The lowest BCUT2D eigenvalue weighted by molar-refractivity contribution is 0.194. The minimum Gasteiger partial charge on any atom is -0.508 e. The molecule has 0 bridgehead atoms. The van der Waals surface area contributed by atoms with Crippen molar-refractivity contribution in [2.24, 2.45) is 0 Å². The maximum absolute atomic E-state index is 9.43. The Balaban J connectivity index is 2.96. The molecular weight excluding hydrogens is 152 g/mol. The predicted molar refractivity (Wildman–Crippen MR) is 48.2 cm³/mol. The van der Waals surface area contributed by atoms with Crippen molar-refractivity contribution in [3.63, 3.8) is 0 Å². The summed E-state index contributed by atoms with van der Waals surface area (Å²) in [5.41, 5.74) is 1.86. The molecule has 66 valence electrons. The molecule has 0 fully saturated rings.